The van der Waals surface area contributed by atoms with Crippen LogP contribution in [0.5, 0.6) is 0 Å². The van der Waals surface area contributed by atoms with Crippen molar-refractivity contribution in [3.8, 4) is 0 Å². The van der Waals surface area contributed by atoms with E-state index in [1.807, 2.05) is 6.92 Å². The minimum Gasteiger partial charge on any atom is -0.380 e. The Morgan fingerprint density at radius 2 is 2.30 bits per heavy atom. The van der Waals surface area contributed by atoms with Crippen LogP contribution < -0.4 is 10.9 Å². The van der Waals surface area contributed by atoms with Gasteiger partial charge in [0.05, 0.1) is 11.9 Å². The van der Waals surface area contributed by atoms with Gasteiger partial charge in [0.25, 0.3) is 5.56 Å². The van der Waals surface area contributed by atoms with Crippen molar-refractivity contribution in [2.45, 2.75) is 43.9 Å². The summed E-state index contributed by atoms with van der Waals surface area (Å²) >= 11 is 3.32. The topological polar surface area (TPSA) is 64.0 Å². The molecule has 2 rings (SSSR count). The molecule has 1 fully saturated rings. The first kappa shape index (κ1) is 15.7. The first-order chi connectivity index (χ1) is 9.52. The summed E-state index contributed by atoms with van der Waals surface area (Å²) in [5, 5.41) is 7.66. The molecule has 1 aromatic rings. The van der Waals surface area contributed by atoms with Crippen LogP contribution in [0.15, 0.2) is 15.5 Å². The predicted molar refractivity (Wildman–Crippen MR) is 85.5 cm³/mol. The quantitative estimate of drug-likeness (QED) is 0.890. The molecular weight excluding hydrogens is 342 g/mol. The molecule has 5 nitrogen and oxygen atoms in total. The van der Waals surface area contributed by atoms with Crippen LogP contribution in [-0.4, -0.2) is 31.0 Å². The van der Waals surface area contributed by atoms with Crippen LogP contribution in [0.1, 0.15) is 32.6 Å². The van der Waals surface area contributed by atoms with Gasteiger partial charge in [-0.15, -0.1) is 0 Å². The van der Waals surface area contributed by atoms with E-state index in [0.29, 0.717) is 10.2 Å². The third-order valence-electron chi connectivity index (χ3n) is 3.72. The molecule has 112 valence electrons. The van der Waals surface area contributed by atoms with Gasteiger partial charge < -0.3 is 5.32 Å². The number of anilines is 1. The van der Waals surface area contributed by atoms with Crippen LogP contribution >= 0.6 is 15.9 Å². The molecular formula is C13H20BrN3O2S. The Morgan fingerprint density at radius 3 is 3.00 bits per heavy atom. The molecule has 0 saturated heterocycles. The highest BCUT2D eigenvalue weighted by Crippen LogP contribution is 2.27. The van der Waals surface area contributed by atoms with Crippen molar-refractivity contribution in [1.29, 1.82) is 0 Å². The highest BCUT2D eigenvalue weighted by atomic mass is 79.9. The normalized spacial score (nSPS) is 24.4. The Bertz CT molecular complexity index is 561. The average molecular weight is 362 g/mol. The molecule has 1 aromatic heterocycles. The number of nitrogens with one attached hydrogen (secondary N) is 1. The number of halogens is 1. The van der Waals surface area contributed by atoms with Gasteiger partial charge in [0, 0.05) is 34.9 Å². The number of aromatic nitrogens is 2. The first-order valence-corrected chi connectivity index (χ1v) is 9.06. The van der Waals surface area contributed by atoms with Crippen molar-refractivity contribution in [3.05, 3.63) is 21.0 Å². The fourth-order valence-corrected chi connectivity index (χ4v) is 4.40. The second-order valence-electron chi connectivity index (χ2n) is 5.10. The van der Waals surface area contributed by atoms with E-state index < -0.39 is 10.8 Å². The van der Waals surface area contributed by atoms with E-state index in [1.54, 1.807) is 13.2 Å². The van der Waals surface area contributed by atoms with Gasteiger partial charge in [-0.2, -0.15) is 5.10 Å². The van der Waals surface area contributed by atoms with Gasteiger partial charge in [0.2, 0.25) is 0 Å². The molecule has 1 heterocycles. The summed E-state index contributed by atoms with van der Waals surface area (Å²) in [7, 11) is 0.884. The molecule has 0 amide bonds. The smallest absolute Gasteiger partial charge is 0.282 e. The summed E-state index contributed by atoms with van der Waals surface area (Å²) in [6.45, 7) is 1.97. The molecule has 0 radical (unpaired) electrons. The summed E-state index contributed by atoms with van der Waals surface area (Å²) < 4.78 is 13.7. The van der Waals surface area contributed by atoms with Crippen LogP contribution in [0.2, 0.25) is 0 Å². The number of aryl methyl sites for hydroxylation is 1. The van der Waals surface area contributed by atoms with Gasteiger partial charge in [0.1, 0.15) is 4.47 Å². The monoisotopic (exact) mass is 361 g/mol. The minimum absolute atomic E-state index is 0.153. The fourth-order valence-electron chi connectivity index (χ4n) is 2.58. The molecule has 7 heteroatoms. The summed E-state index contributed by atoms with van der Waals surface area (Å²) in [6.07, 6.45) is 5.70. The molecule has 3 atom stereocenters. The first-order valence-electron chi connectivity index (χ1n) is 6.88. The Morgan fingerprint density at radius 1 is 1.55 bits per heavy atom. The van der Waals surface area contributed by atoms with E-state index in [9.17, 15) is 9.00 Å². The zero-order valence-electron chi connectivity index (χ0n) is 11.8. The van der Waals surface area contributed by atoms with Gasteiger partial charge in [-0.1, -0.05) is 13.3 Å². The number of hydrogen-bond acceptors (Lipinski definition) is 4. The van der Waals surface area contributed by atoms with Gasteiger partial charge in [-0.05, 0) is 35.2 Å². The lowest BCUT2D eigenvalue weighted by Gasteiger charge is -2.29. The molecule has 0 aromatic carbocycles. The van der Waals surface area contributed by atoms with Gasteiger partial charge in [-0.25, -0.2) is 4.68 Å². The van der Waals surface area contributed by atoms with E-state index in [1.165, 1.54) is 4.68 Å². The number of rotatable bonds is 4. The van der Waals surface area contributed by atoms with Gasteiger partial charge >= 0.3 is 0 Å². The van der Waals surface area contributed by atoms with E-state index >= 15 is 0 Å². The van der Waals surface area contributed by atoms with Crippen molar-refractivity contribution in [2.24, 2.45) is 7.05 Å². The number of nitrogens with zero attached hydrogens (tertiary/aromatic N) is 2. The third-order valence-corrected chi connectivity index (χ3v) is 6.23. The summed E-state index contributed by atoms with van der Waals surface area (Å²) in [5.74, 6) is 0.717. The van der Waals surface area contributed by atoms with Crippen molar-refractivity contribution in [1.82, 2.24) is 9.78 Å². The van der Waals surface area contributed by atoms with E-state index in [4.69, 9.17) is 0 Å². The predicted octanol–water partition coefficient (Wildman–Crippen LogP) is 2.03. The SMILES string of the molecule is CCS(=O)C1CCCC(Nc2cnn(C)c(=O)c2Br)C1. The highest BCUT2D eigenvalue weighted by molar-refractivity contribution is 9.10. The second-order valence-corrected chi connectivity index (χ2v) is 7.90. The van der Waals surface area contributed by atoms with E-state index in [2.05, 4.69) is 26.3 Å². The Labute approximate surface area is 129 Å². The maximum atomic E-state index is 11.9. The van der Waals surface area contributed by atoms with E-state index in [-0.39, 0.29) is 16.9 Å². The lowest BCUT2D eigenvalue weighted by Crippen LogP contribution is -2.34. The fraction of sp³-hybridized carbons (Fsp3) is 0.692. The van der Waals surface area contributed by atoms with Crippen LogP contribution in [-0.2, 0) is 17.8 Å². The lowest BCUT2D eigenvalue weighted by atomic mass is 9.95. The Balaban J connectivity index is 2.08. The van der Waals surface area contributed by atoms with Gasteiger partial charge in [0.15, 0.2) is 0 Å². The van der Waals surface area contributed by atoms with Crippen LogP contribution in [0.25, 0.3) is 0 Å². The average Bonchev–Trinajstić information content (AvgIpc) is 2.47. The molecule has 1 saturated carbocycles. The van der Waals surface area contributed by atoms with Gasteiger partial charge in [-0.3, -0.25) is 9.00 Å². The summed E-state index contributed by atoms with van der Waals surface area (Å²) in [4.78, 5) is 11.8. The van der Waals surface area contributed by atoms with Crippen LogP contribution in [0.3, 0.4) is 0 Å². The van der Waals surface area contributed by atoms with Crippen molar-refractivity contribution in [3.63, 3.8) is 0 Å². The molecule has 3 unspecified atom stereocenters. The molecule has 0 bridgehead atoms. The minimum atomic E-state index is -0.739. The van der Waals surface area contributed by atoms with Crippen molar-refractivity contribution >= 4 is 32.4 Å². The molecule has 1 N–H and O–H groups in total. The molecule has 0 spiro atoms. The standard InChI is InChI=1S/C13H20BrN3O2S/c1-3-20(19)10-6-4-5-9(7-10)16-11-8-15-17(2)13(18)12(11)14/h8-10,16H,3-7H2,1-2H3. The zero-order chi connectivity index (χ0) is 14.7. The van der Waals surface area contributed by atoms with Crippen LogP contribution in [0.4, 0.5) is 5.69 Å². The second kappa shape index (κ2) is 6.85. The van der Waals surface area contributed by atoms with E-state index in [0.717, 1.165) is 31.4 Å². The maximum Gasteiger partial charge on any atom is 0.282 e. The zero-order valence-corrected chi connectivity index (χ0v) is 14.2. The Hall–Kier alpha value is -0.690. The maximum absolute atomic E-state index is 11.9. The molecule has 1 aliphatic carbocycles. The highest BCUT2D eigenvalue weighted by Gasteiger charge is 2.26. The molecule has 0 aliphatic heterocycles. The largest absolute Gasteiger partial charge is 0.380 e. The molecule has 1 aliphatic rings. The summed E-state index contributed by atoms with van der Waals surface area (Å²) in [6, 6.07) is 0.259. The Kier molecular flexibility index (Phi) is 5.37. The van der Waals surface area contributed by atoms with Crippen LogP contribution in [0, 0.1) is 0 Å². The van der Waals surface area contributed by atoms with Crippen molar-refractivity contribution in [2.75, 3.05) is 11.1 Å². The van der Waals surface area contributed by atoms with Crippen molar-refractivity contribution < 1.29 is 4.21 Å². The summed E-state index contributed by atoms with van der Waals surface area (Å²) in [5.41, 5.74) is 0.570. The lowest BCUT2D eigenvalue weighted by molar-refractivity contribution is 0.464. The number of hydrogen-bond donors (Lipinski definition) is 1. The molecule has 20 heavy (non-hydrogen) atoms. The third kappa shape index (κ3) is 3.49.